The number of aryl methyl sites for hydroxylation is 2. The van der Waals surface area contributed by atoms with Crippen molar-refractivity contribution in [3.8, 4) is 0 Å². The molecule has 1 aliphatic heterocycles. The summed E-state index contributed by atoms with van der Waals surface area (Å²) in [5.74, 6) is 1.03. The summed E-state index contributed by atoms with van der Waals surface area (Å²) in [6, 6.07) is 4.55. The van der Waals surface area contributed by atoms with E-state index in [2.05, 4.69) is 19.5 Å². The van der Waals surface area contributed by atoms with E-state index in [0.717, 1.165) is 37.3 Å². The van der Waals surface area contributed by atoms with Crippen LogP contribution in [-0.4, -0.2) is 39.3 Å². The first-order valence-corrected chi connectivity index (χ1v) is 9.61. The fourth-order valence-electron chi connectivity index (χ4n) is 3.21. The van der Waals surface area contributed by atoms with Crippen molar-refractivity contribution in [2.75, 3.05) is 7.05 Å². The summed E-state index contributed by atoms with van der Waals surface area (Å²) in [6.45, 7) is 1.15. The van der Waals surface area contributed by atoms with E-state index in [1.807, 2.05) is 6.20 Å². The minimum atomic E-state index is -3.67. The lowest BCUT2D eigenvalue weighted by molar-refractivity contribution is 0.462. The van der Waals surface area contributed by atoms with Crippen LogP contribution in [-0.2, 0) is 29.5 Å². The third-order valence-corrected chi connectivity index (χ3v) is 6.34. The average Bonchev–Trinajstić information content (AvgIpc) is 3.15. The van der Waals surface area contributed by atoms with Gasteiger partial charge in [-0.05, 0) is 31.0 Å². The van der Waals surface area contributed by atoms with Crippen LogP contribution in [0.15, 0.2) is 34.1 Å². The van der Waals surface area contributed by atoms with Crippen LogP contribution in [0, 0.1) is 0 Å². The number of H-pyrrole nitrogens is 2. The molecule has 132 valence electrons. The quantitative estimate of drug-likeness (QED) is 0.729. The standard InChI is InChI=1S/C16H19N5O3S/c1-20(9-11-10-21-7-3-2-4-15(21)17-11)25(23,24)12-5-6-13-14(8-12)19-16(22)18-13/h5-6,8,10H,2-4,7,9H2,1H3,(H2,18,19,22). The van der Waals surface area contributed by atoms with Gasteiger partial charge in [-0.2, -0.15) is 4.31 Å². The molecule has 4 rings (SSSR count). The van der Waals surface area contributed by atoms with Crippen molar-refractivity contribution < 1.29 is 8.42 Å². The van der Waals surface area contributed by atoms with Gasteiger partial charge in [0.05, 0.1) is 28.2 Å². The highest BCUT2D eigenvalue weighted by Crippen LogP contribution is 2.21. The summed E-state index contributed by atoms with van der Waals surface area (Å²) in [6.07, 6.45) is 5.13. The molecule has 0 saturated heterocycles. The number of rotatable bonds is 4. The largest absolute Gasteiger partial charge is 0.335 e. The number of nitrogens with zero attached hydrogens (tertiary/aromatic N) is 3. The van der Waals surface area contributed by atoms with Crippen molar-refractivity contribution in [2.24, 2.45) is 0 Å². The van der Waals surface area contributed by atoms with E-state index >= 15 is 0 Å². The lowest BCUT2D eigenvalue weighted by Gasteiger charge is -2.16. The van der Waals surface area contributed by atoms with Gasteiger partial charge < -0.3 is 14.5 Å². The number of imidazole rings is 2. The van der Waals surface area contributed by atoms with Crippen LogP contribution in [0.4, 0.5) is 0 Å². The number of fused-ring (bicyclic) bond motifs is 2. The van der Waals surface area contributed by atoms with Crippen LogP contribution < -0.4 is 5.69 Å². The lowest BCUT2D eigenvalue weighted by Crippen LogP contribution is -2.26. The summed E-state index contributed by atoms with van der Waals surface area (Å²) in [7, 11) is -2.13. The van der Waals surface area contributed by atoms with Crippen molar-refractivity contribution >= 4 is 21.1 Å². The van der Waals surface area contributed by atoms with E-state index in [-0.39, 0.29) is 17.1 Å². The molecule has 0 radical (unpaired) electrons. The molecule has 0 saturated carbocycles. The smallest absolute Gasteiger partial charge is 0.323 e. The highest BCUT2D eigenvalue weighted by atomic mass is 32.2. The van der Waals surface area contributed by atoms with Gasteiger partial charge in [-0.3, -0.25) is 0 Å². The number of aromatic nitrogens is 4. The van der Waals surface area contributed by atoms with Crippen molar-refractivity contribution in [3.05, 3.63) is 46.4 Å². The SMILES string of the molecule is CN(Cc1cn2c(n1)CCCC2)S(=O)(=O)c1ccc2[nH]c(=O)[nH]c2c1. The highest BCUT2D eigenvalue weighted by Gasteiger charge is 2.23. The van der Waals surface area contributed by atoms with E-state index in [1.54, 1.807) is 6.07 Å². The molecule has 2 aromatic heterocycles. The Hall–Kier alpha value is -2.39. The molecule has 0 fully saturated rings. The van der Waals surface area contributed by atoms with Gasteiger partial charge in [-0.15, -0.1) is 0 Å². The summed E-state index contributed by atoms with van der Waals surface area (Å²) in [5, 5.41) is 0. The Morgan fingerprint density at radius 2 is 2.04 bits per heavy atom. The van der Waals surface area contributed by atoms with Crippen LogP contribution in [0.5, 0.6) is 0 Å². The minimum Gasteiger partial charge on any atom is -0.335 e. The maximum atomic E-state index is 12.8. The second-order valence-electron chi connectivity index (χ2n) is 6.35. The Morgan fingerprint density at radius 3 is 2.84 bits per heavy atom. The lowest BCUT2D eigenvalue weighted by atomic mass is 10.2. The molecule has 1 aliphatic rings. The molecule has 1 aromatic carbocycles. The summed E-state index contributed by atoms with van der Waals surface area (Å²) < 4.78 is 29.0. The van der Waals surface area contributed by atoms with Crippen LogP contribution in [0.2, 0.25) is 0 Å². The number of aromatic amines is 2. The van der Waals surface area contributed by atoms with E-state index in [9.17, 15) is 13.2 Å². The summed E-state index contributed by atoms with van der Waals surface area (Å²) in [5.41, 5.74) is 1.44. The van der Waals surface area contributed by atoms with Crippen LogP contribution in [0.1, 0.15) is 24.4 Å². The Balaban J connectivity index is 1.61. The number of sulfonamides is 1. The predicted octanol–water partition coefficient (Wildman–Crippen LogP) is 1.21. The molecule has 0 bridgehead atoms. The molecule has 2 N–H and O–H groups in total. The monoisotopic (exact) mass is 361 g/mol. The van der Waals surface area contributed by atoms with Crippen molar-refractivity contribution in [2.45, 2.75) is 37.2 Å². The van der Waals surface area contributed by atoms with E-state index in [4.69, 9.17) is 0 Å². The zero-order valence-corrected chi connectivity index (χ0v) is 14.6. The van der Waals surface area contributed by atoms with Gasteiger partial charge in [-0.25, -0.2) is 18.2 Å². The first-order chi connectivity index (χ1) is 11.9. The van der Waals surface area contributed by atoms with Gasteiger partial charge in [0.25, 0.3) is 0 Å². The molecule has 0 amide bonds. The highest BCUT2D eigenvalue weighted by molar-refractivity contribution is 7.89. The Kier molecular flexibility index (Phi) is 3.77. The Labute approximate surface area is 144 Å². The second-order valence-corrected chi connectivity index (χ2v) is 8.39. The van der Waals surface area contributed by atoms with Crippen LogP contribution in [0.3, 0.4) is 0 Å². The van der Waals surface area contributed by atoms with Gasteiger partial charge in [-0.1, -0.05) is 0 Å². The molecule has 3 heterocycles. The molecular formula is C16H19N5O3S. The molecule has 0 atom stereocenters. The van der Waals surface area contributed by atoms with Gasteiger partial charge >= 0.3 is 5.69 Å². The number of benzene rings is 1. The number of hydrogen-bond acceptors (Lipinski definition) is 4. The zero-order chi connectivity index (χ0) is 17.6. The van der Waals surface area contributed by atoms with Crippen molar-refractivity contribution in [3.63, 3.8) is 0 Å². The van der Waals surface area contributed by atoms with Crippen LogP contribution in [0.25, 0.3) is 11.0 Å². The molecule has 0 unspecified atom stereocenters. The van der Waals surface area contributed by atoms with E-state index < -0.39 is 10.0 Å². The zero-order valence-electron chi connectivity index (χ0n) is 13.8. The van der Waals surface area contributed by atoms with E-state index in [0.29, 0.717) is 11.0 Å². The predicted molar refractivity (Wildman–Crippen MR) is 92.7 cm³/mol. The average molecular weight is 361 g/mol. The maximum Gasteiger partial charge on any atom is 0.323 e. The van der Waals surface area contributed by atoms with Crippen LogP contribution >= 0.6 is 0 Å². The first kappa shape index (κ1) is 16.1. The molecule has 25 heavy (non-hydrogen) atoms. The van der Waals surface area contributed by atoms with Crippen molar-refractivity contribution in [1.82, 2.24) is 23.8 Å². The van der Waals surface area contributed by atoms with Gasteiger partial charge in [0.2, 0.25) is 10.0 Å². The second kappa shape index (κ2) is 5.85. The maximum absolute atomic E-state index is 12.8. The number of hydrogen-bond donors (Lipinski definition) is 2. The third kappa shape index (κ3) is 2.89. The Bertz CT molecular complexity index is 1070. The van der Waals surface area contributed by atoms with Gasteiger partial charge in [0.15, 0.2) is 0 Å². The van der Waals surface area contributed by atoms with Crippen molar-refractivity contribution in [1.29, 1.82) is 0 Å². The summed E-state index contributed by atoms with van der Waals surface area (Å²) >= 11 is 0. The molecule has 3 aromatic rings. The normalized spacial score (nSPS) is 15.0. The fourth-order valence-corrected chi connectivity index (χ4v) is 4.38. The molecular weight excluding hydrogens is 342 g/mol. The van der Waals surface area contributed by atoms with Gasteiger partial charge in [0, 0.05) is 26.2 Å². The molecule has 0 aliphatic carbocycles. The van der Waals surface area contributed by atoms with Gasteiger partial charge in [0.1, 0.15) is 5.82 Å². The first-order valence-electron chi connectivity index (χ1n) is 8.17. The molecule has 8 nitrogen and oxygen atoms in total. The fraction of sp³-hybridized carbons (Fsp3) is 0.375. The molecule has 0 spiro atoms. The topological polar surface area (TPSA) is 104 Å². The summed E-state index contributed by atoms with van der Waals surface area (Å²) in [4.78, 5) is 21.2. The minimum absolute atomic E-state index is 0.140. The third-order valence-electron chi connectivity index (χ3n) is 4.54. The van der Waals surface area contributed by atoms with E-state index in [1.165, 1.54) is 23.5 Å². The molecule has 9 heteroatoms. The Morgan fingerprint density at radius 1 is 1.24 bits per heavy atom. The number of nitrogens with one attached hydrogen (secondary N) is 2.